The van der Waals surface area contributed by atoms with E-state index < -0.39 is 0 Å². The van der Waals surface area contributed by atoms with Gasteiger partial charge in [0.25, 0.3) is 5.91 Å². The number of amides is 1. The number of hydrogen-bond acceptors (Lipinski definition) is 4. The number of carbonyl (C=O) groups excluding carboxylic acids is 1. The van der Waals surface area contributed by atoms with Gasteiger partial charge in [0.15, 0.2) is 0 Å². The Labute approximate surface area is 123 Å². The monoisotopic (exact) mass is 289 g/mol. The molecule has 1 amide bonds. The first-order valence-corrected chi connectivity index (χ1v) is 6.50. The number of hydrogen-bond donors (Lipinski definition) is 0. The van der Waals surface area contributed by atoms with E-state index >= 15 is 0 Å². The lowest BCUT2D eigenvalue weighted by Crippen LogP contribution is -2.26. The molecule has 0 saturated heterocycles. The van der Waals surface area contributed by atoms with Crippen LogP contribution in [0.1, 0.15) is 16.1 Å². The summed E-state index contributed by atoms with van der Waals surface area (Å²) in [7, 11) is 6.70. The van der Waals surface area contributed by atoms with Gasteiger partial charge in [0.2, 0.25) is 0 Å². The molecular weight excluding hydrogens is 270 g/mol. The molecule has 0 fully saturated rings. The van der Waals surface area contributed by atoms with E-state index in [4.69, 9.17) is 9.47 Å². The third-order valence-corrected chi connectivity index (χ3v) is 3.11. The number of rotatable bonds is 5. The molecule has 0 aliphatic rings. The molecule has 1 heterocycles. The average molecular weight is 289 g/mol. The van der Waals surface area contributed by atoms with E-state index in [0.717, 1.165) is 5.69 Å². The largest absolute Gasteiger partial charge is 0.497 e. The van der Waals surface area contributed by atoms with Crippen molar-refractivity contribution in [1.82, 2.24) is 14.7 Å². The van der Waals surface area contributed by atoms with Crippen LogP contribution < -0.4 is 9.47 Å². The Hall–Kier alpha value is -2.50. The molecule has 6 nitrogen and oxygen atoms in total. The molecule has 0 radical (unpaired) electrons. The molecular formula is C15H19N3O3. The number of nitrogens with zero attached hydrogens (tertiary/aromatic N) is 3. The van der Waals surface area contributed by atoms with E-state index in [1.807, 2.05) is 19.3 Å². The Morgan fingerprint density at radius 2 is 1.86 bits per heavy atom. The molecule has 112 valence electrons. The van der Waals surface area contributed by atoms with Gasteiger partial charge in [0.05, 0.1) is 26.5 Å². The minimum absolute atomic E-state index is 0.113. The number of carbonyl (C=O) groups is 1. The van der Waals surface area contributed by atoms with Crippen LogP contribution in [-0.2, 0) is 13.6 Å². The molecule has 1 aromatic heterocycles. The zero-order valence-electron chi connectivity index (χ0n) is 12.7. The Morgan fingerprint density at radius 3 is 2.33 bits per heavy atom. The summed E-state index contributed by atoms with van der Waals surface area (Å²) in [6.45, 7) is 0.444. The first kappa shape index (κ1) is 14.9. The predicted octanol–water partition coefficient (Wildman–Crippen LogP) is 1.71. The van der Waals surface area contributed by atoms with Crippen LogP contribution in [-0.4, -0.2) is 41.9 Å². The van der Waals surface area contributed by atoms with E-state index in [1.54, 1.807) is 49.0 Å². The van der Waals surface area contributed by atoms with Crippen LogP contribution in [0.5, 0.6) is 11.5 Å². The lowest BCUT2D eigenvalue weighted by Gasteiger charge is -2.17. The van der Waals surface area contributed by atoms with Crippen molar-refractivity contribution in [2.45, 2.75) is 6.54 Å². The summed E-state index contributed by atoms with van der Waals surface area (Å²) in [6.07, 6.45) is 1.85. The minimum Gasteiger partial charge on any atom is -0.497 e. The fourth-order valence-corrected chi connectivity index (χ4v) is 2.01. The van der Waals surface area contributed by atoms with Crippen LogP contribution in [0.4, 0.5) is 0 Å². The summed E-state index contributed by atoms with van der Waals surface area (Å²) in [5.41, 5.74) is 1.35. The molecule has 0 bridgehead atoms. The van der Waals surface area contributed by atoms with Gasteiger partial charge >= 0.3 is 0 Å². The van der Waals surface area contributed by atoms with Gasteiger partial charge in [0, 0.05) is 31.9 Å². The highest BCUT2D eigenvalue weighted by atomic mass is 16.5. The summed E-state index contributed by atoms with van der Waals surface area (Å²) in [5.74, 6) is 1.06. The van der Waals surface area contributed by atoms with Crippen molar-refractivity contribution >= 4 is 5.91 Å². The van der Waals surface area contributed by atoms with Gasteiger partial charge in [-0.2, -0.15) is 5.10 Å². The molecule has 2 rings (SSSR count). The van der Waals surface area contributed by atoms with E-state index in [0.29, 0.717) is 23.6 Å². The zero-order valence-corrected chi connectivity index (χ0v) is 12.7. The van der Waals surface area contributed by atoms with Crippen molar-refractivity contribution in [2.24, 2.45) is 7.05 Å². The lowest BCUT2D eigenvalue weighted by molar-refractivity contribution is 0.0782. The van der Waals surface area contributed by atoms with Gasteiger partial charge in [0.1, 0.15) is 11.5 Å². The SMILES string of the molecule is COc1cc(OC)cc(C(=O)N(C)Cc2ccn(C)n2)c1. The molecule has 0 atom stereocenters. The summed E-state index contributed by atoms with van der Waals surface area (Å²) in [4.78, 5) is 14.1. The number of methoxy groups -OCH3 is 2. The Balaban J connectivity index is 2.18. The molecule has 0 aliphatic heterocycles. The number of aromatic nitrogens is 2. The van der Waals surface area contributed by atoms with Crippen molar-refractivity contribution in [1.29, 1.82) is 0 Å². The maximum Gasteiger partial charge on any atom is 0.254 e. The van der Waals surface area contributed by atoms with Crippen LogP contribution in [0.25, 0.3) is 0 Å². The first-order chi connectivity index (χ1) is 10.0. The quantitative estimate of drug-likeness (QED) is 0.841. The van der Waals surface area contributed by atoms with Gasteiger partial charge in [-0.15, -0.1) is 0 Å². The fraction of sp³-hybridized carbons (Fsp3) is 0.333. The molecule has 21 heavy (non-hydrogen) atoms. The maximum atomic E-state index is 12.5. The Kier molecular flexibility index (Phi) is 4.47. The summed E-state index contributed by atoms with van der Waals surface area (Å²) < 4.78 is 12.1. The normalized spacial score (nSPS) is 10.3. The van der Waals surface area contributed by atoms with E-state index in [2.05, 4.69) is 5.10 Å². The summed E-state index contributed by atoms with van der Waals surface area (Å²) in [5, 5.41) is 4.27. The molecule has 0 aliphatic carbocycles. The second-order valence-electron chi connectivity index (χ2n) is 4.74. The van der Waals surface area contributed by atoms with Crippen LogP contribution in [0.15, 0.2) is 30.5 Å². The second kappa shape index (κ2) is 6.30. The third-order valence-electron chi connectivity index (χ3n) is 3.11. The van der Waals surface area contributed by atoms with Gasteiger partial charge < -0.3 is 14.4 Å². The standard InChI is InChI=1S/C15H19N3O3/c1-17(10-12-5-6-18(2)16-12)15(19)11-7-13(20-3)9-14(8-11)21-4/h5-9H,10H2,1-4H3. The van der Waals surface area contributed by atoms with Crippen LogP contribution in [0.2, 0.25) is 0 Å². The average Bonchev–Trinajstić information content (AvgIpc) is 2.90. The van der Waals surface area contributed by atoms with Crippen LogP contribution in [0, 0.1) is 0 Å². The highest BCUT2D eigenvalue weighted by Gasteiger charge is 2.15. The van der Waals surface area contributed by atoms with E-state index in [1.165, 1.54) is 0 Å². The number of benzene rings is 1. The second-order valence-corrected chi connectivity index (χ2v) is 4.74. The number of aryl methyl sites for hydroxylation is 1. The molecule has 0 unspecified atom stereocenters. The Morgan fingerprint density at radius 1 is 1.24 bits per heavy atom. The van der Waals surface area contributed by atoms with Crippen LogP contribution >= 0.6 is 0 Å². The fourth-order valence-electron chi connectivity index (χ4n) is 2.01. The topological polar surface area (TPSA) is 56.6 Å². The summed E-state index contributed by atoms with van der Waals surface area (Å²) in [6, 6.07) is 7.00. The lowest BCUT2D eigenvalue weighted by atomic mass is 10.1. The molecule has 0 spiro atoms. The highest BCUT2D eigenvalue weighted by Crippen LogP contribution is 2.23. The van der Waals surface area contributed by atoms with Crippen molar-refractivity contribution in [2.75, 3.05) is 21.3 Å². The minimum atomic E-state index is -0.113. The smallest absolute Gasteiger partial charge is 0.254 e. The van der Waals surface area contributed by atoms with Gasteiger partial charge in [-0.05, 0) is 18.2 Å². The van der Waals surface area contributed by atoms with E-state index in [-0.39, 0.29) is 5.91 Å². The third kappa shape index (κ3) is 3.53. The molecule has 0 N–H and O–H groups in total. The first-order valence-electron chi connectivity index (χ1n) is 6.50. The number of ether oxygens (including phenoxy) is 2. The van der Waals surface area contributed by atoms with Gasteiger partial charge in [-0.1, -0.05) is 0 Å². The Bertz CT molecular complexity index is 615. The van der Waals surface area contributed by atoms with Crippen molar-refractivity contribution in [3.8, 4) is 11.5 Å². The van der Waals surface area contributed by atoms with E-state index in [9.17, 15) is 4.79 Å². The highest BCUT2D eigenvalue weighted by molar-refractivity contribution is 5.94. The van der Waals surface area contributed by atoms with Crippen molar-refractivity contribution in [3.05, 3.63) is 41.7 Å². The maximum absolute atomic E-state index is 12.5. The molecule has 6 heteroatoms. The van der Waals surface area contributed by atoms with Crippen LogP contribution in [0.3, 0.4) is 0 Å². The zero-order chi connectivity index (χ0) is 15.4. The molecule has 2 aromatic rings. The van der Waals surface area contributed by atoms with Crippen molar-refractivity contribution < 1.29 is 14.3 Å². The molecule has 0 saturated carbocycles. The summed E-state index contributed by atoms with van der Waals surface area (Å²) >= 11 is 0. The van der Waals surface area contributed by atoms with Gasteiger partial charge in [-0.25, -0.2) is 0 Å². The predicted molar refractivity (Wildman–Crippen MR) is 78.6 cm³/mol. The molecule has 1 aromatic carbocycles. The van der Waals surface area contributed by atoms with Gasteiger partial charge in [-0.3, -0.25) is 9.48 Å². The van der Waals surface area contributed by atoms with Crippen molar-refractivity contribution in [3.63, 3.8) is 0 Å².